The molecule has 2 aliphatic rings. The van der Waals surface area contributed by atoms with Gasteiger partial charge in [0, 0.05) is 18.8 Å². The molecule has 0 spiro atoms. The van der Waals surface area contributed by atoms with Crippen LogP contribution in [0.3, 0.4) is 0 Å². The maximum absolute atomic E-state index is 13.5. The van der Waals surface area contributed by atoms with Gasteiger partial charge in [0.2, 0.25) is 5.95 Å². The van der Waals surface area contributed by atoms with E-state index in [-0.39, 0.29) is 11.9 Å². The van der Waals surface area contributed by atoms with E-state index in [1.807, 2.05) is 12.1 Å². The van der Waals surface area contributed by atoms with Gasteiger partial charge in [-0.25, -0.2) is 9.97 Å². The summed E-state index contributed by atoms with van der Waals surface area (Å²) < 4.78 is 13.5. The summed E-state index contributed by atoms with van der Waals surface area (Å²) in [6.45, 7) is 1.55. The zero-order valence-corrected chi connectivity index (χ0v) is 15.4. The third-order valence-electron chi connectivity index (χ3n) is 5.51. The van der Waals surface area contributed by atoms with Crippen molar-refractivity contribution in [1.29, 1.82) is 0 Å². The van der Waals surface area contributed by atoms with Crippen molar-refractivity contribution < 1.29 is 9.18 Å². The maximum Gasteiger partial charge on any atom is 0.270 e. The lowest BCUT2D eigenvalue weighted by atomic mass is 9.93. The lowest BCUT2D eigenvalue weighted by molar-refractivity contribution is 0.0922. The molecule has 0 radical (unpaired) electrons. The average molecular weight is 368 g/mol. The Hall–Kier alpha value is -2.34. The highest BCUT2D eigenvalue weighted by atomic mass is 19.1. The van der Waals surface area contributed by atoms with E-state index < -0.39 is 5.95 Å². The summed E-state index contributed by atoms with van der Waals surface area (Å²) in [5, 5.41) is 6.47. The quantitative estimate of drug-likeness (QED) is 0.815. The van der Waals surface area contributed by atoms with Gasteiger partial charge in [-0.2, -0.15) is 4.39 Å². The van der Waals surface area contributed by atoms with Crippen LogP contribution in [0.25, 0.3) is 0 Å². The largest absolute Gasteiger partial charge is 0.348 e. The molecule has 0 atom stereocenters. The molecule has 2 N–H and O–H groups in total. The van der Waals surface area contributed by atoms with Crippen molar-refractivity contribution in [3.05, 3.63) is 58.4 Å². The molecule has 27 heavy (non-hydrogen) atoms. The van der Waals surface area contributed by atoms with E-state index >= 15 is 0 Å². The number of hydrogen-bond acceptors (Lipinski definition) is 4. The zero-order chi connectivity index (χ0) is 18.6. The van der Waals surface area contributed by atoms with Crippen LogP contribution >= 0.6 is 0 Å². The Kier molecular flexibility index (Phi) is 5.43. The molecule has 2 aromatic heterocycles. The first kappa shape index (κ1) is 18.0. The molecule has 3 heterocycles. The molecular weight excluding hydrogens is 343 g/mol. The van der Waals surface area contributed by atoms with Crippen LogP contribution in [0.2, 0.25) is 0 Å². The maximum atomic E-state index is 13.5. The summed E-state index contributed by atoms with van der Waals surface area (Å²) in [7, 11) is 0. The molecule has 6 heteroatoms. The van der Waals surface area contributed by atoms with Gasteiger partial charge in [-0.15, -0.1) is 0 Å². The molecule has 5 nitrogen and oxygen atoms in total. The van der Waals surface area contributed by atoms with Gasteiger partial charge < -0.3 is 10.6 Å². The fourth-order valence-corrected chi connectivity index (χ4v) is 4.11. The van der Waals surface area contributed by atoms with Crippen molar-refractivity contribution in [1.82, 2.24) is 20.6 Å². The summed E-state index contributed by atoms with van der Waals surface area (Å²) in [6.07, 6.45) is 8.61. The summed E-state index contributed by atoms with van der Waals surface area (Å²) >= 11 is 0. The standard InChI is InChI=1S/C21H25FN4O/c22-20-11-14(6-9-24-20)10-15-12-18(26-19-13-23-8-7-17(15)19)21(27)25-16-4-2-1-3-5-16/h6,9,11-12,16,23H,1-5,7-8,10,13H2,(H,25,27). The van der Waals surface area contributed by atoms with Gasteiger partial charge in [0.15, 0.2) is 0 Å². The number of nitrogens with zero attached hydrogens (tertiary/aromatic N) is 2. The Labute approximate surface area is 158 Å². The van der Waals surface area contributed by atoms with Crippen molar-refractivity contribution in [2.24, 2.45) is 0 Å². The smallest absolute Gasteiger partial charge is 0.270 e. The SMILES string of the molecule is O=C(NC1CCCCC1)c1cc(Cc2ccnc(F)c2)c2c(n1)CNCC2. The second-order valence-electron chi connectivity index (χ2n) is 7.49. The molecule has 4 rings (SSSR count). The molecular formula is C21H25FN4O. The van der Waals surface area contributed by atoms with Gasteiger partial charge in [-0.3, -0.25) is 4.79 Å². The third-order valence-corrected chi connectivity index (χ3v) is 5.51. The Morgan fingerprint density at radius 3 is 2.93 bits per heavy atom. The lowest BCUT2D eigenvalue weighted by Gasteiger charge is -2.24. The van der Waals surface area contributed by atoms with Crippen LogP contribution in [0.5, 0.6) is 0 Å². The number of amides is 1. The summed E-state index contributed by atoms with van der Waals surface area (Å²) in [4.78, 5) is 21.1. The van der Waals surface area contributed by atoms with E-state index in [1.165, 1.54) is 37.1 Å². The molecule has 1 aliphatic heterocycles. The molecule has 0 aromatic carbocycles. The predicted molar refractivity (Wildman–Crippen MR) is 101 cm³/mol. The summed E-state index contributed by atoms with van der Waals surface area (Å²) in [6, 6.07) is 5.41. The van der Waals surface area contributed by atoms with Crippen molar-refractivity contribution in [2.45, 2.75) is 57.5 Å². The number of halogens is 1. The molecule has 1 saturated carbocycles. The minimum absolute atomic E-state index is 0.0996. The van der Waals surface area contributed by atoms with Crippen LogP contribution < -0.4 is 10.6 Å². The Bertz CT molecular complexity index is 833. The molecule has 1 aliphatic carbocycles. The van der Waals surface area contributed by atoms with Gasteiger partial charge in [-0.1, -0.05) is 19.3 Å². The molecule has 0 unspecified atom stereocenters. The number of fused-ring (bicyclic) bond motifs is 1. The number of carbonyl (C=O) groups is 1. The first-order chi connectivity index (χ1) is 13.2. The number of carbonyl (C=O) groups excluding carboxylic acids is 1. The van der Waals surface area contributed by atoms with E-state index in [1.54, 1.807) is 0 Å². The van der Waals surface area contributed by atoms with Gasteiger partial charge in [-0.05, 0) is 67.1 Å². The average Bonchev–Trinajstić information content (AvgIpc) is 2.69. The molecule has 2 aromatic rings. The van der Waals surface area contributed by atoms with Crippen LogP contribution in [-0.4, -0.2) is 28.5 Å². The van der Waals surface area contributed by atoms with Crippen LogP contribution in [0.1, 0.15) is 65.0 Å². The van der Waals surface area contributed by atoms with Crippen LogP contribution in [-0.2, 0) is 19.4 Å². The highest BCUT2D eigenvalue weighted by Gasteiger charge is 2.22. The van der Waals surface area contributed by atoms with E-state index in [0.717, 1.165) is 42.6 Å². The molecule has 1 amide bonds. The minimum Gasteiger partial charge on any atom is -0.348 e. The van der Waals surface area contributed by atoms with Crippen LogP contribution in [0.4, 0.5) is 4.39 Å². The second kappa shape index (κ2) is 8.13. The molecule has 0 bridgehead atoms. The monoisotopic (exact) mass is 368 g/mol. The van der Waals surface area contributed by atoms with Crippen molar-refractivity contribution >= 4 is 5.91 Å². The Morgan fingerprint density at radius 1 is 1.26 bits per heavy atom. The lowest BCUT2D eigenvalue weighted by Crippen LogP contribution is -2.37. The minimum atomic E-state index is -0.479. The Morgan fingerprint density at radius 2 is 2.11 bits per heavy atom. The number of rotatable bonds is 4. The molecule has 1 fully saturated rings. The number of nitrogens with one attached hydrogen (secondary N) is 2. The zero-order valence-electron chi connectivity index (χ0n) is 15.4. The van der Waals surface area contributed by atoms with Gasteiger partial charge in [0.05, 0.1) is 5.69 Å². The van der Waals surface area contributed by atoms with Gasteiger partial charge in [0.25, 0.3) is 5.91 Å². The van der Waals surface area contributed by atoms with Crippen molar-refractivity contribution in [3.63, 3.8) is 0 Å². The topological polar surface area (TPSA) is 66.9 Å². The van der Waals surface area contributed by atoms with Crippen molar-refractivity contribution in [2.75, 3.05) is 6.54 Å². The first-order valence-corrected chi connectivity index (χ1v) is 9.83. The third kappa shape index (κ3) is 4.33. The van der Waals surface area contributed by atoms with Crippen LogP contribution in [0.15, 0.2) is 24.4 Å². The first-order valence-electron chi connectivity index (χ1n) is 9.83. The van der Waals surface area contributed by atoms with Gasteiger partial charge in [0.1, 0.15) is 5.69 Å². The highest BCUT2D eigenvalue weighted by Crippen LogP contribution is 2.23. The van der Waals surface area contributed by atoms with Gasteiger partial charge >= 0.3 is 0 Å². The molecule has 0 saturated heterocycles. The fraction of sp³-hybridized carbons (Fsp3) is 0.476. The van der Waals surface area contributed by atoms with E-state index in [9.17, 15) is 9.18 Å². The highest BCUT2D eigenvalue weighted by molar-refractivity contribution is 5.92. The summed E-state index contributed by atoms with van der Waals surface area (Å²) in [5.41, 5.74) is 4.49. The number of aromatic nitrogens is 2. The van der Waals surface area contributed by atoms with E-state index in [0.29, 0.717) is 18.7 Å². The van der Waals surface area contributed by atoms with E-state index in [4.69, 9.17) is 0 Å². The van der Waals surface area contributed by atoms with Crippen LogP contribution in [0, 0.1) is 5.95 Å². The summed E-state index contributed by atoms with van der Waals surface area (Å²) in [5.74, 6) is -0.579. The second-order valence-corrected chi connectivity index (χ2v) is 7.49. The number of pyridine rings is 2. The Balaban J connectivity index is 1.61. The van der Waals surface area contributed by atoms with Crippen molar-refractivity contribution in [3.8, 4) is 0 Å². The normalized spacial score (nSPS) is 17.4. The number of hydrogen-bond donors (Lipinski definition) is 2. The predicted octanol–water partition coefficient (Wildman–Crippen LogP) is 2.91. The van der Waals surface area contributed by atoms with E-state index in [2.05, 4.69) is 20.6 Å². The fourth-order valence-electron chi connectivity index (χ4n) is 4.11. The molecule has 142 valence electrons.